The lowest BCUT2D eigenvalue weighted by atomic mass is 9.99. The molecule has 2 heterocycles. The minimum atomic E-state index is -0.181. The molecule has 2 rings (SSSR count). The van der Waals surface area contributed by atoms with Crippen LogP contribution in [0.5, 0.6) is 0 Å². The second kappa shape index (κ2) is 7.98. The summed E-state index contributed by atoms with van der Waals surface area (Å²) in [6.45, 7) is 4.99. The van der Waals surface area contributed by atoms with Crippen molar-refractivity contribution in [3.05, 3.63) is 24.2 Å². The third-order valence-corrected chi connectivity index (χ3v) is 4.08. The lowest BCUT2D eigenvalue weighted by Crippen LogP contribution is -2.44. The number of piperidine rings is 1. The molecule has 6 heteroatoms. The van der Waals surface area contributed by atoms with Gasteiger partial charge in [0.1, 0.15) is 5.76 Å². The summed E-state index contributed by atoms with van der Waals surface area (Å²) in [5.74, 6) is 1.25. The molecule has 1 N–H and O–H groups in total. The number of nitrogens with zero attached hydrogens (tertiary/aromatic N) is 2. The van der Waals surface area contributed by atoms with Crippen molar-refractivity contribution in [1.82, 2.24) is 15.1 Å². The fourth-order valence-corrected chi connectivity index (χ4v) is 2.49. The van der Waals surface area contributed by atoms with Crippen LogP contribution >= 0.6 is 0 Å². The van der Waals surface area contributed by atoms with E-state index in [1.807, 2.05) is 0 Å². The fourth-order valence-electron chi connectivity index (χ4n) is 2.49. The van der Waals surface area contributed by atoms with E-state index in [0.29, 0.717) is 18.8 Å². The number of nitrogens with one attached hydrogen (secondary N) is 1. The molecule has 1 aliphatic heterocycles. The molecule has 1 aromatic heterocycles. The van der Waals surface area contributed by atoms with E-state index in [2.05, 4.69) is 17.1 Å². The second-order valence-electron chi connectivity index (χ2n) is 6.06. The molecule has 122 valence electrons. The molecule has 0 aromatic carbocycles. The number of likely N-dealkylation sites (tertiary alicyclic amines) is 1. The van der Waals surface area contributed by atoms with Crippen molar-refractivity contribution < 1.29 is 14.0 Å². The molecule has 1 saturated heterocycles. The Hall–Kier alpha value is -1.82. The Balaban J connectivity index is 1.68. The van der Waals surface area contributed by atoms with E-state index in [-0.39, 0.29) is 18.4 Å². The van der Waals surface area contributed by atoms with Crippen LogP contribution in [0.15, 0.2) is 22.8 Å². The molecule has 0 spiro atoms. The van der Waals surface area contributed by atoms with Gasteiger partial charge in [-0.05, 0) is 44.0 Å². The SMILES string of the molecule is CC1CCN(CC(=O)N(C)CC(=O)NCc2ccco2)CC1. The van der Waals surface area contributed by atoms with Gasteiger partial charge in [0, 0.05) is 7.05 Å². The third-order valence-electron chi connectivity index (χ3n) is 4.08. The summed E-state index contributed by atoms with van der Waals surface area (Å²) >= 11 is 0. The van der Waals surface area contributed by atoms with Crippen LogP contribution in [0.2, 0.25) is 0 Å². The van der Waals surface area contributed by atoms with E-state index in [0.717, 1.165) is 31.8 Å². The van der Waals surface area contributed by atoms with Gasteiger partial charge in [0.25, 0.3) is 0 Å². The number of carbonyl (C=O) groups excluding carboxylic acids is 2. The zero-order chi connectivity index (χ0) is 15.9. The molecule has 1 aliphatic rings. The molecule has 0 saturated carbocycles. The topological polar surface area (TPSA) is 65.8 Å². The summed E-state index contributed by atoms with van der Waals surface area (Å²) in [4.78, 5) is 27.6. The van der Waals surface area contributed by atoms with E-state index < -0.39 is 0 Å². The molecule has 22 heavy (non-hydrogen) atoms. The first kappa shape index (κ1) is 16.5. The van der Waals surface area contributed by atoms with E-state index >= 15 is 0 Å². The first-order valence-electron chi connectivity index (χ1n) is 7.80. The largest absolute Gasteiger partial charge is 0.467 e. The maximum absolute atomic E-state index is 12.1. The Morgan fingerprint density at radius 1 is 1.41 bits per heavy atom. The van der Waals surface area contributed by atoms with Crippen LogP contribution in [0.25, 0.3) is 0 Å². The van der Waals surface area contributed by atoms with Crippen molar-refractivity contribution in [2.75, 3.05) is 33.2 Å². The number of carbonyl (C=O) groups is 2. The monoisotopic (exact) mass is 307 g/mol. The van der Waals surface area contributed by atoms with Crippen molar-refractivity contribution in [3.63, 3.8) is 0 Å². The smallest absolute Gasteiger partial charge is 0.239 e. The van der Waals surface area contributed by atoms with Gasteiger partial charge in [-0.2, -0.15) is 0 Å². The van der Waals surface area contributed by atoms with Gasteiger partial charge in [-0.1, -0.05) is 6.92 Å². The van der Waals surface area contributed by atoms with Crippen LogP contribution in [-0.2, 0) is 16.1 Å². The number of rotatable bonds is 6. The van der Waals surface area contributed by atoms with E-state index in [9.17, 15) is 9.59 Å². The Labute approximate surface area is 131 Å². The average Bonchev–Trinajstić information content (AvgIpc) is 3.01. The Kier molecular flexibility index (Phi) is 6.00. The summed E-state index contributed by atoms with van der Waals surface area (Å²) in [7, 11) is 1.67. The molecular formula is C16H25N3O3. The molecule has 1 aromatic rings. The molecule has 0 atom stereocenters. The van der Waals surface area contributed by atoms with Crippen LogP contribution in [-0.4, -0.2) is 54.8 Å². The molecule has 0 aliphatic carbocycles. The predicted octanol–water partition coefficient (Wildman–Crippen LogP) is 1.09. The van der Waals surface area contributed by atoms with E-state index in [4.69, 9.17) is 4.42 Å². The first-order valence-corrected chi connectivity index (χ1v) is 7.80. The third kappa shape index (κ3) is 5.18. The molecule has 1 fully saturated rings. The van der Waals surface area contributed by atoms with Crippen molar-refractivity contribution in [1.29, 1.82) is 0 Å². The highest BCUT2D eigenvalue weighted by Crippen LogP contribution is 2.15. The highest BCUT2D eigenvalue weighted by molar-refractivity contribution is 5.85. The molecule has 0 unspecified atom stereocenters. The lowest BCUT2D eigenvalue weighted by Gasteiger charge is -2.30. The number of hydrogen-bond acceptors (Lipinski definition) is 4. The summed E-state index contributed by atoms with van der Waals surface area (Å²) in [5, 5.41) is 2.74. The van der Waals surface area contributed by atoms with E-state index in [1.165, 1.54) is 4.90 Å². The van der Waals surface area contributed by atoms with Gasteiger partial charge in [-0.25, -0.2) is 0 Å². The molecular weight excluding hydrogens is 282 g/mol. The summed E-state index contributed by atoms with van der Waals surface area (Å²) < 4.78 is 5.14. The summed E-state index contributed by atoms with van der Waals surface area (Å²) in [5.41, 5.74) is 0. The maximum Gasteiger partial charge on any atom is 0.239 e. The Bertz CT molecular complexity index is 479. The molecule has 2 amide bonds. The number of likely N-dealkylation sites (N-methyl/N-ethyl adjacent to an activating group) is 1. The summed E-state index contributed by atoms with van der Waals surface area (Å²) in [6, 6.07) is 3.57. The van der Waals surface area contributed by atoms with Gasteiger partial charge in [-0.3, -0.25) is 14.5 Å². The highest BCUT2D eigenvalue weighted by atomic mass is 16.3. The standard InChI is InChI=1S/C16H25N3O3/c1-13-5-7-19(8-6-13)12-16(21)18(2)11-15(20)17-10-14-4-3-9-22-14/h3-4,9,13H,5-8,10-12H2,1-2H3,(H,17,20). The van der Waals surface area contributed by atoms with Gasteiger partial charge in [0.2, 0.25) is 11.8 Å². The van der Waals surface area contributed by atoms with Crippen molar-refractivity contribution in [2.24, 2.45) is 5.92 Å². The molecule has 6 nitrogen and oxygen atoms in total. The Morgan fingerprint density at radius 2 is 2.14 bits per heavy atom. The van der Waals surface area contributed by atoms with Gasteiger partial charge in [-0.15, -0.1) is 0 Å². The normalized spacial score (nSPS) is 16.5. The van der Waals surface area contributed by atoms with E-state index in [1.54, 1.807) is 25.4 Å². The fraction of sp³-hybridized carbons (Fsp3) is 0.625. The van der Waals surface area contributed by atoms with Crippen LogP contribution in [0.3, 0.4) is 0 Å². The second-order valence-corrected chi connectivity index (χ2v) is 6.06. The van der Waals surface area contributed by atoms with Crippen molar-refractivity contribution in [3.8, 4) is 0 Å². The number of furan rings is 1. The average molecular weight is 307 g/mol. The zero-order valence-corrected chi connectivity index (χ0v) is 13.4. The van der Waals surface area contributed by atoms with Crippen molar-refractivity contribution in [2.45, 2.75) is 26.3 Å². The quantitative estimate of drug-likeness (QED) is 0.854. The van der Waals surface area contributed by atoms with Gasteiger partial charge in [0.05, 0.1) is 25.9 Å². The minimum absolute atomic E-state index is 0.0114. The Morgan fingerprint density at radius 3 is 2.77 bits per heavy atom. The number of hydrogen-bond donors (Lipinski definition) is 1. The predicted molar refractivity (Wildman–Crippen MR) is 83.0 cm³/mol. The van der Waals surface area contributed by atoms with Crippen LogP contribution in [0.4, 0.5) is 0 Å². The highest BCUT2D eigenvalue weighted by Gasteiger charge is 2.20. The lowest BCUT2D eigenvalue weighted by molar-refractivity contribution is -0.135. The summed E-state index contributed by atoms with van der Waals surface area (Å²) in [6.07, 6.45) is 3.85. The first-order chi connectivity index (χ1) is 10.5. The maximum atomic E-state index is 12.1. The molecule has 0 radical (unpaired) electrons. The van der Waals surface area contributed by atoms with Crippen LogP contribution < -0.4 is 5.32 Å². The molecule has 0 bridgehead atoms. The van der Waals surface area contributed by atoms with Gasteiger partial charge >= 0.3 is 0 Å². The number of amides is 2. The van der Waals surface area contributed by atoms with Gasteiger partial charge in [0.15, 0.2) is 0 Å². The van der Waals surface area contributed by atoms with Crippen LogP contribution in [0, 0.1) is 5.92 Å². The van der Waals surface area contributed by atoms with Crippen LogP contribution in [0.1, 0.15) is 25.5 Å². The zero-order valence-electron chi connectivity index (χ0n) is 13.4. The minimum Gasteiger partial charge on any atom is -0.467 e. The van der Waals surface area contributed by atoms with Crippen molar-refractivity contribution >= 4 is 11.8 Å². The van der Waals surface area contributed by atoms with Gasteiger partial charge < -0.3 is 14.6 Å².